The van der Waals surface area contributed by atoms with Crippen LogP contribution >= 0.6 is 11.6 Å². The molecule has 0 unspecified atom stereocenters. The van der Waals surface area contributed by atoms with Gasteiger partial charge in [-0.05, 0) is 43.7 Å². The van der Waals surface area contributed by atoms with Gasteiger partial charge in [-0.15, -0.1) is 0 Å². The van der Waals surface area contributed by atoms with E-state index in [1.165, 1.54) is 4.31 Å². The molecule has 1 aliphatic rings. The summed E-state index contributed by atoms with van der Waals surface area (Å²) in [7, 11) is -3.63. The third kappa shape index (κ3) is 6.64. The van der Waals surface area contributed by atoms with Crippen LogP contribution in [-0.4, -0.2) is 70.9 Å². The van der Waals surface area contributed by atoms with Crippen LogP contribution in [0.3, 0.4) is 0 Å². The van der Waals surface area contributed by atoms with Crippen molar-refractivity contribution in [1.82, 2.24) is 10.2 Å². The van der Waals surface area contributed by atoms with E-state index in [9.17, 15) is 13.2 Å². The maximum absolute atomic E-state index is 12.7. The number of rotatable bonds is 9. The molecule has 1 saturated heterocycles. The molecule has 0 aromatic heterocycles. The number of sulfonamides is 1. The molecule has 2 rings (SSSR count). The fourth-order valence-electron chi connectivity index (χ4n) is 3.11. The summed E-state index contributed by atoms with van der Waals surface area (Å²) >= 11 is 5.90. The Morgan fingerprint density at radius 2 is 1.93 bits per heavy atom. The van der Waals surface area contributed by atoms with Crippen molar-refractivity contribution in [3.8, 4) is 0 Å². The van der Waals surface area contributed by atoms with Crippen LogP contribution in [0.2, 0.25) is 5.02 Å². The van der Waals surface area contributed by atoms with Crippen LogP contribution in [0.15, 0.2) is 24.3 Å². The van der Waals surface area contributed by atoms with Gasteiger partial charge in [0.05, 0.1) is 25.2 Å². The van der Waals surface area contributed by atoms with Gasteiger partial charge in [-0.2, -0.15) is 0 Å². The zero-order chi connectivity index (χ0) is 19.9. The Bertz CT molecular complexity index is 706. The van der Waals surface area contributed by atoms with E-state index < -0.39 is 16.1 Å². The number of benzene rings is 1. The van der Waals surface area contributed by atoms with E-state index in [2.05, 4.69) is 10.2 Å². The van der Waals surface area contributed by atoms with E-state index in [1.807, 2.05) is 0 Å². The molecule has 0 bridgehead atoms. The average Bonchev–Trinajstić information content (AvgIpc) is 2.64. The normalized spacial score (nSPS) is 16.7. The summed E-state index contributed by atoms with van der Waals surface area (Å²) in [5.41, 5.74) is 0.428. The van der Waals surface area contributed by atoms with Crippen LogP contribution in [0.4, 0.5) is 5.69 Å². The van der Waals surface area contributed by atoms with Crippen LogP contribution in [0, 0.1) is 0 Å². The second-order valence-electron chi connectivity index (χ2n) is 6.56. The molecule has 152 valence electrons. The lowest BCUT2D eigenvalue weighted by molar-refractivity contribution is -0.122. The number of ether oxygens (including phenoxy) is 1. The van der Waals surface area contributed by atoms with Crippen molar-refractivity contribution in [2.24, 2.45) is 0 Å². The van der Waals surface area contributed by atoms with Gasteiger partial charge < -0.3 is 10.1 Å². The Kier molecular flexibility index (Phi) is 8.34. The molecule has 1 heterocycles. The van der Waals surface area contributed by atoms with Crippen molar-refractivity contribution in [2.45, 2.75) is 25.8 Å². The van der Waals surface area contributed by atoms with Crippen molar-refractivity contribution in [3.05, 3.63) is 29.3 Å². The Morgan fingerprint density at radius 1 is 1.30 bits per heavy atom. The minimum Gasteiger partial charge on any atom is -0.379 e. The highest BCUT2D eigenvalue weighted by atomic mass is 35.5. The Balaban J connectivity index is 1.98. The van der Waals surface area contributed by atoms with E-state index in [1.54, 1.807) is 31.2 Å². The molecule has 1 N–H and O–H groups in total. The van der Waals surface area contributed by atoms with E-state index in [0.29, 0.717) is 23.7 Å². The van der Waals surface area contributed by atoms with E-state index in [-0.39, 0.29) is 5.91 Å². The summed E-state index contributed by atoms with van der Waals surface area (Å²) in [4.78, 5) is 15.0. The van der Waals surface area contributed by atoms with Crippen LogP contribution < -0.4 is 9.62 Å². The second kappa shape index (κ2) is 10.3. The molecule has 1 aromatic carbocycles. The number of morpholine rings is 1. The van der Waals surface area contributed by atoms with Gasteiger partial charge in [0.25, 0.3) is 0 Å². The first-order chi connectivity index (χ1) is 12.8. The van der Waals surface area contributed by atoms with Crippen molar-refractivity contribution < 1.29 is 17.9 Å². The zero-order valence-electron chi connectivity index (χ0n) is 15.9. The van der Waals surface area contributed by atoms with Gasteiger partial charge in [0, 0.05) is 24.7 Å². The van der Waals surface area contributed by atoms with Crippen LogP contribution in [0.5, 0.6) is 0 Å². The number of carbonyl (C=O) groups excluding carboxylic acids is 1. The summed E-state index contributed by atoms with van der Waals surface area (Å²) in [5.74, 6) is -0.292. The molecule has 1 fully saturated rings. The minimum atomic E-state index is -3.63. The van der Waals surface area contributed by atoms with Crippen molar-refractivity contribution in [2.75, 3.05) is 50.0 Å². The molecule has 7 nitrogen and oxygen atoms in total. The predicted molar refractivity (Wildman–Crippen MR) is 108 cm³/mol. The SMILES string of the molecule is CC[C@H](C(=O)NCCCN1CCOCC1)N(c1ccc(Cl)cc1)S(C)(=O)=O. The lowest BCUT2D eigenvalue weighted by Crippen LogP contribution is -2.49. The van der Waals surface area contributed by atoms with Crippen molar-refractivity contribution >= 4 is 33.2 Å². The van der Waals surface area contributed by atoms with E-state index in [4.69, 9.17) is 16.3 Å². The number of anilines is 1. The Morgan fingerprint density at radius 3 is 2.48 bits per heavy atom. The zero-order valence-corrected chi connectivity index (χ0v) is 17.4. The van der Waals surface area contributed by atoms with Gasteiger partial charge in [0.15, 0.2) is 0 Å². The number of hydrogen-bond acceptors (Lipinski definition) is 5. The molecule has 27 heavy (non-hydrogen) atoms. The lowest BCUT2D eigenvalue weighted by atomic mass is 10.2. The largest absolute Gasteiger partial charge is 0.379 e. The first-order valence-corrected chi connectivity index (χ1v) is 11.4. The van der Waals surface area contributed by atoms with Crippen LogP contribution in [0.1, 0.15) is 19.8 Å². The number of hydrogen-bond donors (Lipinski definition) is 1. The maximum Gasteiger partial charge on any atom is 0.243 e. The quantitative estimate of drug-likeness (QED) is 0.619. The van der Waals surface area contributed by atoms with Gasteiger partial charge in [0.2, 0.25) is 15.9 Å². The summed E-state index contributed by atoms with van der Waals surface area (Å²) in [6.07, 6.45) is 2.28. The number of carbonyl (C=O) groups is 1. The van der Waals surface area contributed by atoms with Gasteiger partial charge in [0.1, 0.15) is 6.04 Å². The molecule has 0 radical (unpaired) electrons. The summed E-state index contributed by atoms with van der Waals surface area (Å²) < 4.78 is 31.2. The van der Waals surface area contributed by atoms with E-state index >= 15 is 0 Å². The molecule has 9 heteroatoms. The first-order valence-electron chi connectivity index (χ1n) is 9.15. The van der Waals surface area contributed by atoms with Crippen LogP contribution in [-0.2, 0) is 19.6 Å². The minimum absolute atomic E-state index is 0.292. The predicted octanol–water partition coefficient (Wildman–Crippen LogP) is 1.72. The molecule has 1 atom stereocenters. The second-order valence-corrected chi connectivity index (χ2v) is 8.85. The lowest BCUT2D eigenvalue weighted by Gasteiger charge is -2.30. The highest BCUT2D eigenvalue weighted by Crippen LogP contribution is 2.24. The smallest absolute Gasteiger partial charge is 0.243 e. The molecule has 0 saturated carbocycles. The molecule has 1 aliphatic heterocycles. The number of amides is 1. The molecule has 0 spiro atoms. The van der Waals surface area contributed by atoms with Crippen LogP contribution in [0.25, 0.3) is 0 Å². The summed E-state index contributed by atoms with van der Waals surface area (Å²) in [6, 6.07) is 5.64. The molecule has 1 aromatic rings. The topological polar surface area (TPSA) is 79.0 Å². The monoisotopic (exact) mass is 417 g/mol. The molecular weight excluding hydrogens is 390 g/mol. The summed E-state index contributed by atoms with van der Waals surface area (Å²) in [5, 5.41) is 3.39. The fraction of sp³-hybridized carbons (Fsp3) is 0.611. The number of nitrogens with zero attached hydrogens (tertiary/aromatic N) is 2. The summed E-state index contributed by atoms with van der Waals surface area (Å²) in [6.45, 7) is 6.49. The Labute approximate surface area is 166 Å². The standard InChI is InChI=1S/C18H28ClN3O4S/c1-3-17(18(23)20-9-4-10-21-11-13-26-14-12-21)22(27(2,24)25)16-7-5-15(19)6-8-16/h5-8,17H,3-4,9-14H2,1-2H3,(H,20,23)/t17-/m1/s1. The third-order valence-electron chi connectivity index (χ3n) is 4.46. The van der Waals surface area contributed by atoms with Crippen molar-refractivity contribution in [1.29, 1.82) is 0 Å². The van der Waals surface area contributed by atoms with Gasteiger partial charge in [-0.3, -0.25) is 14.0 Å². The number of halogens is 1. The molecular formula is C18H28ClN3O4S. The average molecular weight is 418 g/mol. The highest BCUT2D eigenvalue weighted by molar-refractivity contribution is 7.92. The van der Waals surface area contributed by atoms with Gasteiger partial charge in [-0.1, -0.05) is 18.5 Å². The maximum atomic E-state index is 12.7. The van der Waals surface area contributed by atoms with Gasteiger partial charge in [-0.25, -0.2) is 8.42 Å². The third-order valence-corrected chi connectivity index (χ3v) is 5.90. The molecule has 0 aliphatic carbocycles. The molecule has 1 amide bonds. The van der Waals surface area contributed by atoms with E-state index in [0.717, 1.165) is 45.5 Å². The number of nitrogens with one attached hydrogen (secondary N) is 1. The fourth-order valence-corrected chi connectivity index (χ4v) is 4.44. The first kappa shape index (κ1) is 21.9. The Hall–Kier alpha value is -1.35. The van der Waals surface area contributed by atoms with Crippen molar-refractivity contribution in [3.63, 3.8) is 0 Å². The highest BCUT2D eigenvalue weighted by Gasteiger charge is 2.31. The van der Waals surface area contributed by atoms with Gasteiger partial charge >= 0.3 is 0 Å².